The van der Waals surface area contributed by atoms with Crippen molar-refractivity contribution in [3.05, 3.63) is 175 Å². The molecule has 3 saturated heterocycles. The van der Waals surface area contributed by atoms with Gasteiger partial charge in [0.1, 0.15) is 50.4 Å². The molecular weight excluding hydrogens is 1560 g/mol. The fourth-order valence-corrected chi connectivity index (χ4v) is 17.3. The van der Waals surface area contributed by atoms with Crippen LogP contribution in [0.1, 0.15) is 160 Å². The van der Waals surface area contributed by atoms with Crippen LogP contribution < -0.4 is 54.1 Å². The highest BCUT2D eigenvalue weighted by molar-refractivity contribution is 7.90. The number of ketones is 1. The molecule has 3 atom stereocenters. The number of alkyl halides is 3. The van der Waals surface area contributed by atoms with Crippen LogP contribution in [-0.2, 0) is 41.3 Å². The minimum absolute atomic E-state index is 0.0123. The highest BCUT2D eigenvalue weighted by atomic mass is 32.2. The third-order valence-corrected chi connectivity index (χ3v) is 22.8. The molecule has 0 bridgehead atoms. The van der Waals surface area contributed by atoms with Crippen molar-refractivity contribution in [1.29, 1.82) is 0 Å². The number of pyridine rings is 7. The maximum absolute atomic E-state index is 13.6. The molecular formula is C80H96F3N17O13S3. The Balaban J connectivity index is 0.000000184. The van der Waals surface area contributed by atoms with Gasteiger partial charge in [0.2, 0.25) is 11.8 Å². The van der Waals surface area contributed by atoms with Crippen LogP contribution in [0.2, 0.25) is 0 Å². The van der Waals surface area contributed by atoms with Gasteiger partial charge in [-0.25, -0.2) is 65.6 Å². The zero-order valence-electron chi connectivity index (χ0n) is 67.0. The van der Waals surface area contributed by atoms with Gasteiger partial charge < -0.3 is 40.0 Å². The Hall–Kier alpha value is -11.4. The Morgan fingerprint density at radius 2 is 1.10 bits per heavy atom. The number of anilines is 6. The first kappa shape index (κ1) is 87.0. The molecule has 0 aliphatic carbocycles. The third-order valence-electron chi connectivity index (χ3n) is 18.8. The van der Waals surface area contributed by atoms with Gasteiger partial charge in [-0.05, 0) is 208 Å². The molecule has 6 N–H and O–H groups in total. The summed E-state index contributed by atoms with van der Waals surface area (Å²) >= 11 is 0. The predicted octanol–water partition coefficient (Wildman–Crippen LogP) is 12.5. The second-order valence-corrected chi connectivity index (χ2v) is 37.2. The monoisotopic (exact) mass is 1660 g/mol. The van der Waals surface area contributed by atoms with Crippen LogP contribution in [0.25, 0.3) is 17.1 Å². The molecule has 11 heterocycles. The summed E-state index contributed by atoms with van der Waals surface area (Å²) in [5.74, 6) is 0.432. The lowest BCUT2D eigenvalue weighted by Gasteiger charge is -2.34. The van der Waals surface area contributed by atoms with Crippen molar-refractivity contribution in [2.24, 2.45) is 23.2 Å². The van der Waals surface area contributed by atoms with Gasteiger partial charge in [-0.1, -0.05) is 47.6 Å². The molecule has 12 rings (SSSR count). The first-order valence-electron chi connectivity index (χ1n) is 37.2. The van der Waals surface area contributed by atoms with E-state index in [9.17, 15) is 57.6 Å². The first-order chi connectivity index (χ1) is 54.2. The van der Waals surface area contributed by atoms with Crippen LogP contribution in [0.5, 0.6) is 17.5 Å². The fraction of sp³-hybridized carbons (Fsp3) is 0.400. The third kappa shape index (κ3) is 22.0. The van der Waals surface area contributed by atoms with Crippen molar-refractivity contribution in [3.8, 4) is 34.6 Å². The second-order valence-electron chi connectivity index (χ2n) is 32.3. The molecule has 3 amide bonds. The van der Waals surface area contributed by atoms with Gasteiger partial charge in [-0.3, -0.25) is 24.2 Å². The normalized spacial score (nSPS) is 17.1. The Kier molecular flexibility index (Phi) is 25.9. The van der Waals surface area contributed by atoms with E-state index in [1.807, 2.05) is 43.6 Å². The van der Waals surface area contributed by atoms with Gasteiger partial charge in [0, 0.05) is 97.0 Å². The first-order valence-corrected chi connectivity index (χ1v) is 41.7. The number of sulfonamides is 3. The molecule has 0 saturated carbocycles. The summed E-state index contributed by atoms with van der Waals surface area (Å²) in [5.41, 5.74) is 6.94. The highest BCUT2D eigenvalue weighted by Gasteiger charge is 2.43. The molecule has 116 heavy (non-hydrogen) atoms. The van der Waals surface area contributed by atoms with Gasteiger partial charge >= 0.3 is 6.36 Å². The van der Waals surface area contributed by atoms with E-state index >= 15 is 0 Å². The molecule has 3 aliphatic heterocycles. The molecule has 618 valence electrons. The molecule has 30 nitrogen and oxygen atoms in total. The molecule has 9 aromatic rings. The second kappa shape index (κ2) is 34.6. The Morgan fingerprint density at radius 3 is 1.64 bits per heavy atom. The number of Topliss-reactive ketones (excluding diaryl/α,β-unsaturated/α-hetero) is 1. The number of amides is 3. The Bertz CT molecular complexity index is 5460. The van der Waals surface area contributed by atoms with Gasteiger partial charge in [-0.15, -0.1) is 18.3 Å². The van der Waals surface area contributed by atoms with E-state index in [0.717, 1.165) is 37.0 Å². The number of rotatable bonds is 23. The van der Waals surface area contributed by atoms with E-state index in [4.69, 9.17) is 25.2 Å². The van der Waals surface area contributed by atoms with Crippen LogP contribution in [0, 0.1) is 23.2 Å². The van der Waals surface area contributed by atoms with Crippen LogP contribution >= 0.6 is 0 Å². The van der Waals surface area contributed by atoms with E-state index in [1.165, 1.54) is 80.0 Å². The fourth-order valence-electron chi connectivity index (χ4n) is 14.1. The number of ether oxygens (including phenoxy) is 3. The molecule has 0 radical (unpaired) electrons. The molecule has 1 unspecified atom stereocenters. The number of carbonyl (C=O) groups is 4. The Morgan fingerprint density at radius 1 is 0.578 bits per heavy atom. The van der Waals surface area contributed by atoms with E-state index < -0.39 is 64.9 Å². The maximum Gasteiger partial charge on any atom is 0.573 e. The topological polar surface area (TPSA) is 390 Å². The van der Waals surface area contributed by atoms with Gasteiger partial charge in [0.25, 0.3) is 47.8 Å². The lowest BCUT2D eigenvalue weighted by molar-refractivity contribution is -0.274. The standard InChI is InChI=1S/C29H35N5O5S.C26H35N7O4S.C25H26F3N5O4S/c1-18(2)39-26-12-9-21(16-31-26)23-11-10-22(27(32-23)34-17-19(3)15-29(34,5)6)28(36)33-40(37,38)25-8-7-13-30-24(25)14-20(4)35;1-17-14-26(5,6)32(15-17)23-18(24(34)31-38(35,36)19-8-7-12-28-22(19)27)9-10-20(29-23)33-13-11-21(30-33)37-16-25(2,3)4;1-16-14-24(2,3)33(15-16)22-19(6-5-13-29-22)23(34)32-38(35,36)21-8-4-7-20(31-21)30-17-9-11-18(12-10-17)37-25(26,27)28/h7-13,16,18-19H,14-15,17H2,1-6H3,(H,33,36);7-13,17H,14-16H2,1-6H3,(H2,27,28)(H,31,34);4-13,16H,14-15H2,1-3H3,(H,30,31)(H,32,34)/t19-;17-;/m00./s1. The van der Waals surface area contributed by atoms with E-state index in [1.54, 1.807) is 65.7 Å². The SMILES string of the molecule is CC(=O)Cc1ncccc1S(=O)(=O)NC(=O)c1ccc(-c2ccc(OC(C)C)nc2)nc1N1C[C@@H](C)CC1(C)C.CC1CN(c2ncccc2C(=O)NS(=O)(=O)c2cccc(Nc3ccc(OC(F)(F)F)cc3)n2)C(C)(C)C1.C[C@@H]1CN(c2nc(-n3ccc(OCC(C)(C)C)n3)ccc2C(=O)NS(=O)(=O)c2cccnc2N)C(C)(C)C1. The maximum atomic E-state index is 13.6. The molecule has 1 aromatic carbocycles. The summed E-state index contributed by atoms with van der Waals surface area (Å²) in [7, 11) is -13.0. The van der Waals surface area contributed by atoms with E-state index in [2.05, 4.69) is 128 Å². The molecule has 0 spiro atoms. The highest BCUT2D eigenvalue weighted by Crippen LogP contribution is 2.42. The van der Waals surface area contributed by atoms with Crippen molar-refractivity contribution >= 4 is 88.4 Å². The van der Waals surface area contributed by atoms with Crippen molar-refractivity contribution in [2.75, 3.05) is 52.0 Å². The number of carbonyl (C=O) groups excluding carboxylic acids is 4. The summed E-state index contributed by atoms with van der Waals surface area (Å²) in [6, 6.07) is 29.3. The van der Waals surface area contributed by atoms with E-state index in [-0.39, 0.29) is 84.2 Å². The van der Waals surface area contributed by atoms with Crippen LogP contribution in [-0.4, -0.2) is 149 Å². The average Bonchev–Trinajstić information content (AvgIpc) is 1.51. The number of nitrogens with two attached hydrogens (primary N) is 1. The van der Waals surface area contributed by atoms with Gasteiger partial charge in [0.15, 0.2) is 10.8 Å². The number of hydrogen-bond donors (Lipinski definition) is 5. The lowest BCUT2D eigenvalue weighted by Crippen LogP contribution is -2.41. The van der Waals surface area contributed by atoms with E-state index in [0.29, 0.717) is 90.4 Å². The summed E-state index contributed by atoms with van der Waals surface area (Å²) in [6.45, 7) is 32.7. The summed E-state index contributed by atoms with van der Waals surface area (Å²) < 4.78 is 139. The van der Waals surface area contributed by atoms with Crippen LogP contribution in [0.4, 0.5) is 47.9 Å². The number of nitrogens with one attached hydrogen (secondary N) is 4. The zero-order valence-corrected chi connectivity index (χ0v) is 69.5. The number of aromatic nitrogens is 9. The van der Waals surface area contributed by atoms with Crippen molar-refractivity contribution in [1.82, 2.24) is 58.8 Å². The molecule has 36 heteroatoms. The smallest absolute Gasteiger partial charge is 0.476 e. The number of nitrogen functional groups attached to an aromatic ring is 1. The van der Waals surface area contributed by atoms with Crippen LogP contribution in [0.15, 0.2) is 167 Å². The minimum atomic E-state index is -4.82. The quantitative estimate of drug-likeness (QED) is 0.0397. The number of hydrogen-bond acceptors (Lipinski definition) is 26. The van der Waals surface area contributed by atoms with Crippen molar-refractivity contribution < 1.29 is 71.8 Å². The largest absolute Gasteiger partial charge is 0.573 e. The molecule has 3 aliphatic rings. The Labute approximate surface area is 673 Å². The van der Waals surface area contributed by atoms with Gasteiger partial charge in [0.05, 0.1) is 40.8 Å². The van der Waals surface area contributed by atoms with Crippen molar-refractivity contribution in [2.45, 2.75) is 173 Å². The van der Waals surface area contributed by atoms with Crippen molar-refractivity contribution in [3.63, 3.8) is 0 Å². The van der Waals surface area contributed by atoms with Crippen LogP contribution in [0.3, 0.4) is 0 Å². The molecule has 3 fully saturated rings. The minimum Gasteiger partial charge on any atom is -0.476 e. The zero-order chi connectivity index (χ0) is 84.8. The molecule has 8 aromatic heterocycles. The number of nitrogens with zero attached hydrogens (tertiary/aromatic N) is 12. The number of halogens is 3. The predicted molar refractivity (Wildman–Crippen MR) is 431 cm³/mol. The van der Waals surface area contributed by atoms with Gasteiger partial charge in [-0.2, -0.15) is 8.42 Å². The number of benzene rings is 1. The summed E-state index contributed by atoms with van der Waals surface area (Å²) in [5, 5.41) is 6.87. The average molecular weight is 1660 g/mol. The lowest BCUT2D eigenvalue weighted by atomic mass is 9.97. The summed E-state index contributed by atoms with van der Waals surface area (Å²) in [6.07, 6.45) is 5.40. The summed E-state index contributed by atoms with van der Waals surface area (Å²) in [4.78, 5) is 87.7.